The van der Waals surface area contributed by atoms with Gasteiger partial charge in [-0.3, -0.25) is 0 Å². The van der Waals surface area contributed by atoms with Gasteiger partial charge >= 0.3 is 10.2 Å². The van der Waals surface area contributed by atoms with Gasteiger partial charge in [0, 0.05) is 25.7 Å². The highest BCUT2D eigenvalue weighted by Crippen LogP contribution is 2.22. The summed E-state index contributed by atoms with van der Waals surface area (Å²) in [6, 6.07) is 7.45. The number of hydrogen-bond acceptors (Lipinski definition) is 3. The third-order valence-electron chi connectivity index (χ3n) is 2.91. The minimum Gasteiger partial charge on any atom is -0.330 e. The molecule has 1 heterocycles. The fraction of sp³-hybridized carbons (Fsp3) is 0.333. The van der Waals surface area contributed by atoms with Crippen molar-refractivity contribution in [2.24, 2.45) is 5.73 Å². The largest absolute Gasteiger partial charge is 0.330 e. The van der Waals surface area contributed by atoms with Crippen molar-refractivity contribution in [2.75, 3.05) is 20.6 Å². The summed E-state index contributed by atoms with van der Waals surface area (Å²) < 4.78 is 26.8. The summed E-state index contributed by atoms with van der Waals surface area (Å²) in [5.74, 6) is 0. The first-order chi connectivity index (χ1) is 8.48. The number of fused-ring (bicyclic) bond motifs is 1. The van der Waals surface area contributed by atoms with E-state index in [1.54, 1.807) is 12.3 Å². The van der Waals surface area contributed by atoms with Crippen molar-refractivity contribution in [1.29, 1.82) is 0 Å². The molecule has 0 fully saturated rings. The molecule has 2 aromatic rings. The van der Waals surface area contributed by atoms with E-state index < -0.39 is 10.2 Å². The predicted molar refractivity (Wildman–Crippen MR) is 72.7 cm³/mol. The lowest BCUT2D eigenvalue weighted by molar-refractivity contribution is 0.512. The first-order valence-electron chi connectivity index (χ1n) is 5.70. The molecule has 2 rings (SSSR count). The molecule has 0 aliphatic rings. The van der Waals surface area contributed by atoms with Crippen LogP contribution in [0.4, 0.5) is 0 Å². The molecule has 0 amide bonds. The molecule has 0 bridgehead atoms. The van der Waals surface area contributed by atoms with Gasteiger partial charge in [-0.05, 0) is 30.7 Å². The summed E-state index contributed by atoms with van der Waals surface area (Å²) in [5, 5.41) is 0.938. The summed E-state index contributed by atoms with van der Waals surface area (Å²) in [6.07, 6.45) is 2.32. The average molecular weight is 267 g/mol. The van der Waals surface area contributed by atoms with Crippen LogP contribution in [0.3, 0.4) is 0 Å². The lowest BCUT2D eigenvalue weighted by Crippen LogP contribution is -2.28. The predicted octanol–water partition coefficient (Wildman–Crippen LogP) is 0.797. The van der Waals surface area contributed by atoms with Gasteiger partial charge in [0.15, 0.2) is 0 Å². The zero-order chi connectivity index (χ0) is 13.3. The Hall–Kier alpha value is -1.37. The SMILES string of the molecule is CN(C)S(=O)(=O)n1ccc2c(CCN)cccc21. The molecule has 0 aliphatic carbocycles. The smallest absolute Gasteiger partial charge is 0.307 e. The molecule has 0 saturated carbocycles. The number of nitrogens with zero attached hydrogens (tertiary/aromatic N) is 2. The maximum absolute atomic E-state index is 12.1. The average Bonchev–Trinajstić information content (AvgIpc) is 2.74. The molecule has 0 atom stereocenters. The zero-order valence-electron chi connectivity index (χ0n) is 10.5. The first kappa shape index (κ1) is 13.1. The highest BCUT2D eigenvalue weighted by atomic mass is 32.2. The Labute approximate surface area is 107 Å². The van der Waals surface area contributed by atoms with Crippen LogP contribution in [0.2, 0.25) is 0 Å². The molecule has 0 aliphatic heterocycles. The van der Waals surface area contributed by atoms with Gasteiger partial charge in [0.2, 0.25) is 0 Å². The molecule has 0 radical (unpaired) electrons. The Morgan fingerprint density at radius 3 is 2.61 bits per heavy atom. The second-order valence-electron chi connectivity index (χ2n) is 4.29. The highest BCUT2D eigenvalue weighted by Gasteiger charge is 2.18. The Kier molecular flexibility index (Phi) is 3.43. The van der Waals surface area contributed by atoms with Crippen molar-refractivity contribution < 1.29 is 8.42 Å². The molecular weight excluding hydrogens is 250 g/mol. The second-order valence-corrected chi connectivity index (χ2v) is 6.31. The fourth-order valence-electron chi connectivity index (χ4n) is 1.96. The van der Waals surface area contributed by atoms with Crippen LogP contribution >= 0.6 is 0 Å². The Morgan fingerprint density at radius 1 is 1.28 bits per heavy atom. The highest BCUT2D eigenvalue weighted by molar-refractivity contribution is 7.87. The van der Waals surface area contributed by atoms with Crippen molar-refractivity contribution in [3.05, 3.63) is 36.0 Å². The summed E-state index contributed by atoms with van der Waals surface area (Å²) in [6.45, 7) is 0.546. The lowest BCUT2D eigenvalue weighted by Gasteiger charge is -2.13. The van der Waals surface area contributed by atoms with Crippen molar-refractivity contribution in [3.63, 3.8) is 0 Å². The molecule has 1 aromatic carbocycles. The minimum atomic E-state index is -3.47. The fourth-order valence-corrected chi connectivity index (χ4v) is 2.93. The summed E-state index contributed by atoms with van der Waals surface area (Å²) in [5.41, 5.74) is 7.32. The third-order valence-corrected chi connectivity index (χ3v) is 4.65. The van der Waals surface area contributed by atoms with E-state index in [4.69, 9.17) is 5.73 Å². The standard InChI is InChI=1S/C12H17N3O2S/c1-14(2)18(16,17)15-9-7-11-10(6-8-13)4-3-5-12(11)15/h3-5,7,9H,6,8,13H2,1-2H3. The van der Waals surface area contributed by atoms with Crippen LogP contribution in [0, 0.1) is 0 Å². The van der Waals surface area contributed by atoms with E-state index in [2.05, 4.69) is 0 Å². The Bertz CT molecular complexity index is 659. The third kappa shape index (κ3) is 2.03. The first-order valence-corrected chi connectivity index (χ1v) is 7.10. The molecule has 0 unspecified atom stereocenters. The minimum absolute atomic E-state index is 0.546. The van der Waals surface area contributed by atoms with Gasteiger partial charge < -0.3 is 5.73 Å². The summed E-state index contributed by atoms with van der Waals surface area (Å²) in [7, 11) is -0.436. The summed E-state index contributed by atoms with van der Waals surface area (Å²) in [4.78, 5) is 0. The van der Waals surface area contributed by atoms with Crippen LogP contribution < -0.4 is 5.73 Å². The molecule has 2 N–H and O–H groups in total. The molecule has 98 valence electrons. The van der Waals surface area contributed by atoms with Crippen LogP contribution in [0.1, 0.15) is 5.56 Å². The van der Waals surface area contributed by atoms with Crippen molar-refractivity contribution in [2.45, 2.75) is 6.42 Å². The number of benzene rings is 1. The van der Waals surface area contributed by atoms with E-state index in [1.165, 1.54) is 22.4 Å². The Balaban J connectivity index is 2.67. The van der Waals surface area contributed by atoms with Gasteiger partial charge in [0.05, 0.1) is 5.52 Å². The van der Waals surface area contributed by atoms with Gasteiger partial charge in [0.25, 0.3) is 0 Å². The number of nitrogens with two attached hydrogens (primary N) is 1. The van der Waals surface area contributed by atoms with E-state index in [0.29, 0.717) is 12.1 Å². The quantitative estimate of drug-likeness (QED) is 0.890. The molecule has 1 aromatic heterocycles. The van der Waals surface area contributed by atoms with Crippen LogP contribution in [0.5, 0.6) is 0 Å². The van der Waals surface area contributed by atoms with Crippen molar-refractivity contribution >= 4 is 21.1 Å². The normalized spacial score (nSPS) is 12.4. The molecule has 5 nitrogen and oxygen atoms in total. The maximum Gasteiger partial charge on any atom is 0.307 e. The number of rotatable bonds is 4. The number of aromatic nitrogens is 1. The zero-order valence-corrected chi connectivity index (χ0v) is 11.3. The van der Waals surface area contributed by atoms with E-state index in [-0.39, 0.29) is 0 Å². The van der Waals surface area contributed by atoms with Gasteiger partial charge in [-0.15, -0.1) is 0 Å². The Morgan fingerprint density at radius 2 is 2.00 bits per heavy atom. The molecule has 18 heavy (non-hydrogen) atoms. The monoisotopic (exact) mass is 267 g/mol. The molecular formula is C12H17N3O2S. The molecule has 0 saturated heterocycles. The van der Waals surface area contributed by atoms with Gasteiger partial charge in [0.1, 0.15) is 0 Å². The van der Waals surface area contributed by atoms with Crippen LogP contribution in [-0.4, -0.2) is 37.3 Å². The maximum atomic E-state index is 12.1. The van der Waals surface area contributed by atoms with Crippen molar-refractivity contribution in [1.82, 2.24) is 8.28 Å². The van der Waals surface area contributed by atoms with Gasteiger partial charge in [-0.1, -0.05) is 12.1 Å². The van der Waals surface area contributed by atoms with E-state index >= 15 is 0 Å². The van der Waals surface area contributed by atoms with Crippen LogP contribution in [0.15, 0.2) is 30.5 Å². The van der Waals surface area contributed by atoms with Gasteiger partial charge in [-0.25, -0.2) is 3.97 Å². The second kappa shape index (κ2) is 4.72. The van der Waals surface area contributed by atoms with Crippen LogP contribution in [-0.2, 0) is 16.6 Å². The van der Waals surface area contributed by atoms with Crippen LogP contribution in [0.25, 0.3) is 10.9 Å². The lowest BCUT2D eigenvalue weighted by atomic mass is 10.1. The topological polar surface area (TPSA) is 68.3 Å². The molecule has 0 spiro atoms. The van der Waals surface area contributed by atoms with E-state index in [0.717, 1.165) is 17.4 Å². The van der Waals surface area contributed by atoms with E-state index in [9.17, 15) is 8.42 Å². The van der Waals surface area contributed by atoms with Crippen molar-refractivity contribution in [3.8, 4) is 0 Å². The molecule has 6 heteroatoms. The van der Waals surface area contributed by atoms with E-state index in [1.807, 2.05) is 18.2 Å². The summed E-state index contributed by atoms with van der Waals surface area (Å²) >= 11 is 0. The van der Waals surface area contributed by atoms with Gasteiger partial charge in [-0.2, -0.15) is 12.7 Å². The number of hydrogen-bond donors (Lipinski definition) is 1.